The zero-order valence-electron chi connectivity index (χ0n) is 19.8. The van der Waals surface area contributed by atoms with Gasteiger partial charge in [0, 0.05) is 17.1 Å². The van der Waals surface area contributed by atoms with E-state index in [2.05, 4.69) is 0 Å². The molecule has 1 rings (SSSR count). The first-order valence-corrected chi connectivity index (χ1v) is 11.8. The fourth-order valence-corrected chi connectivity index (χ4v) is 3.75. The number of rotatable bonds is 15. The second-order valence-corrected chi connectivity index (χ2v) is 9.44. The molecule has 1 nitrogen and oxygen atoms in total. The van der Waals surface area contributed by atoms with Gasteiger partial charge in [-0.3, -0.25) is 0 Å². The van der Waals surface area contributed by atoms with Gasteiger partial charge >= 0.3 is 47.6 Å². The molecule has 0 amide bonds. The Balaban J connectivity index is 3.12. The predicted molar refractivity (Wildman–Crippen MR) is 107 cm³/mol. The number of alkyl halides is 17. The molecule has 0 aromatic heterocycles. The van der Waals surface area contributed by atoms with Gasteiger partial charge in [-0.1, -0.05) is 19.8 Å². The molecule has 0 fully saturated rings. The lowest BCUT2D eigenvalue weighted by atomic mass is 9.88. The predicted octanol–water partition coefficient (Wildman–Crippen LogP) is 9.75. The van der Waals surface area contributed by atoms with Crippen molar-refractivity contribution in [3.63, 3.8) is 0 Å². The summed E-state index contributed by atoms with van der Waals surface area (Å²) in [6.45, 7) is 2.23. The van der Waals surface area contributed by atoms with Crippen LogP contribution in [0.1, 0.15) is 32.6 Å². The molecule has 0 atom stereocenters. The molecule has 40 heavy (non-hydrogen) atoms. The largest absolute Gasteiger partial charge is 0.494 e. The maximum absolute atomic E-state index is 13.9. The molecule has 0 N–H and O–H groups in total. The van der Waals surface area contributed by atoms with Crippen molar-refractivity contribution >= 4 is 11.8 Å². The zero-order valence-corrected chi connectivity index (χ0v) is 20.6. The Labute approximate surface area is 219 Å². The van der Waals surface area contributed by atoms with Crippen LogP contribution in [0.15, 0.2) is 29.2 Å². The number of hydrogen-bond donors (Lipinski definition) is 0. The highest BCUT2D eigenvalue weighted by atomic mass is 32.2. The molecule has 0 saturated heterocycles. The summed E-state index contributed by atoms with van der Waals surface area (Å²) >= 11 is 0.244. The molecule has 19 heteroatoms. The highest BCUT2D eigenvalue weighted by Gasteiger charge is 2.95. The monoisotopic (exact) mass is 642 g/mol. The van der Waals surface area contributed by atoms with Crippen molar-refractivity contribution in [2.75, 3.05) is 12.4 Å². The van der Waals surface area contributed by atoms with Gasteiger partial charge in [0.1, 0.15) is 5.75 Å². The number of hydrogen-bond acceptors (Lipinski definition) is 2. The van der Waals surface area contributed by atoms with E-state index in [1.165, 1.54) is 24.3 Å². The smallest absolute Gasteiger partial charge is 0.460 e. The highest BCUT2D eigenvalue weighted by molar-refractivity contribution is 7.99. The minimum absolute atomic E-state index is 0.0117. The molecule has 0 aliphatic rings. The standard InChI is InChI=1S/C21H19F17OS/c1-2-3-4-10-39-12-5-7-13(8-6-12)40-11-9-14(22,23)15(24,25)16(26,27)17(28,29)18(30,31)19(32,33)20(34,35)21(36,37)38/h5-8H,2-4,9-11H2,1H3. The Kier molecular flexibility index (Phi) is 10.7. The average Bonchev–Trinajstić information content (AvgIpc) is 2.81. The first kappa shape index (κ1) is 36.2. The van der Waals surface area contributed by atoms with Crippen LogP contribution < -0.4 is 4.74 Å². The number of unbranched alkanes of at least 4 members (excludes halogenated alkanes) is 2. The van der Waals surface area contributed by atoms with Gasteiger partial charge in [0.25, 0.3) is 0 Å². The fraction of sp³-hybridized carbons (Fsp3) is 0.714. The number of halogens is 17. The van der Waals surface area contributed by atoms with E-state index in [-0.39, 0.29) is 22.4 Å². The van der Waals surface area contributed by atoms with E-state index < -0.39 is 59.8 Å². The van der Waals surface area contributed by atoms with Gasteiger partial charge in [0.15, 0.2) is 0 Å². The Morgan fingerprint density at radius 3 is 1.43 bits per heavy atom. The molecule has 1 aromatic carbocycles. The molecule has 0 aliphatic carbocycles. The van der Waals surface area contributed by atoms with Gasteiger partial charge in [-0.25, -0.2) is 0 Å². The second-order valence-electron chi connectivity index (χ2n) is 8.27. The van der Waals surface area contributed by atoms with Crippen molar-refractivity contribution in [2.24, 2.45) is 0 Å². The molecule has 0 heterocycles. The summed E-state index contributed by atoms with van der Waals surface area (Å²) in [5, 5.41) is 0. The molecular formula is C21H19F17OS. The molecule has 0 spiro atoms. The maximum Gasteiger partial charge on any atom is 0.460 e. The van der Waals surface area contributed by atoms with Gasteiger partial charge in [0.05, 0.1) is 6.61 Å². The van der Waals surface area contributed by atoms with Crippen LogP contribution in [0.4, 0.5) is 74.6 Å². The first-order valence-electron chi connectivity index (χ1n) is 10.8. The van der Waals surface area contributed by atoms with Crippen molar-refractivity contribution < 1.29 is 79.4 Å². The molecule has 0 radical (unpaired) electrons. The molecule has 234 valence electrons. The van der Waals surface area contributed by atoms with Crippen molar-refractivity contribution in [1.29, 1.82) is 0 Å². The van der Waals surface area contributed by atoms with E-state index in [9.17, 15) is 74.6 Å². The van der Waals surface area contributed by atoms with Crippen molar-refractivity contribution in [3.8, 4) is 5.75 Å². The quantitative estimate of drug-likeness (QED) is 0.107. The van der Waals surface area contributed by atoms with Gasteiger partial charge in [-0.05, 0) is 30.7 Å². The number of ether oxygens (including phenoxy) is 1. The summed E-state index contributed by atoms with van der Waals surface area (Å²) in [7, 11) is 0. The summed E-state index contributed by atoms with van der Waals surface area (Å²) in [4.78, 5) is 0.0117. The normalized spacial score (nSPS) is 14.9. The van der Waals surface area contributed by atoms with Gasteiger partial charge < -0.3 is 4.74 Å². The summed E-state index contributed by atoms with van der Waals surface area (Å²) in [5.74, 6) is -57.1. The van der Waals surface area contributed by atoms with Gasteiger partial charge in [-0.2, -0.15) is 74.6 Å². The lowest BCUT2D eigenvalue weighted by Crippen LogP contribution is -2.74. The van der Waals surface area contributed by atoms with E-state index >= 15 is 0 Å². The maximum atomic E-state index is 13.9. The summed E-state index contributed by atoms with van der Waals surface area (Å²) in [5.41, 5.74) is 0. The number of benzene rings is 1. The van der Waals surface area contributed by atoms with Crippen LogP contribution in [0.3, 0.4) is 0 Å². The summed E-state index contributed by atoms with van der Waals surface area (Å²) in [6, 6.07) is 4.94. The highest BCUT2D eigenvalue weighted by Crippen LogP contribution is 2.64. The first-order chi connectivity index (χ1) is 17.8. The molecule has 0 bridgehead atoms. The Morgan fingerprint density at radius 1 is 0.575 bits per heavy atom. The van der Waals surface area contributed by atoms with E-state index in [1.807, 2.05) is 6.92 Å². The average molecular weight is 642 g/mol. The molecule has 0 unspecified atom stereocenters. The van der Waals surface area contributed by atoms with Crippen LogP contribution in [-0.2, 0) is 0 Å². The van der Waals surface area contributed by atoms with Crippen molar-refractivity contribution in [1.82, 2.24) is 0 Å². The van der Waals surface area contributed by atoms with Crippen LogP contribution >= 0.6 is 11.8 Å². The lowest BCUT2D eigenvalue weighted by Gasteiger charge is -2.42. The molecule has 0 aliphatic heterocycles. The third kappa shape index (κ3) is 6.32. The minimum Gasteiger partial charge on any atom is -0.494 e. The van der Waals surface area contributed by atoms with E-state index in [0.717, 1.165) is 12.8 Å². The third-order valence-corrected chi connectivity index (χ3v) is 6.33. The Hall–Kier alpha value is -1.82. The van der Waals surface area contributed by atoms with Crippen molar-refractivity contribution in [3.05, 3.63) is 24.3 Å². The Morgan fingerprint density at radius 2 is 1.00 bits per heavy atom. The summed E-state index contributed by atoms with van der Waals surface area (Å²) < 4.78 is 231. The summed E-state index contributed by atoms with van der Waals surface area (Å²) in [6.07, 6.45) is -7.83. The zero-order chi connectivity index (χ0) is 31.6. The van der Waals surface area contributed by atoms with Crippen molar-refractivity contribution in [2.45, 2.75) is 85.1 Å². The third-order valence-electron chi connectivity index (χ3n) is 5.31. The topological polar surface area (TPSA) is 9.23 Å². The number of thioether (sulfide) groups is 1. The van der Waals surface area contributed by atoms with Crippen LogP contribution in [0.25, 0.3) is 0 Å². The van der Waals surface area contributed by atoms with E-state index in [4.69, 9.17) is 4.74 Å². The van der Waals surface area contributed by atoms with Gasteiger partial charge in [-0.15, -0.1) is 11.8 Å². The van der Waals surface area contributed by atoms with E-state index in [0.29, 0.717) is 13.0 Å². The molecule has 1 aromatic rings. The fourth-order valence-electron chi connectivity index (χ4n) is 2.82. The Bertz CT molecular complexity index is 957. The van der Waals surface area contributed by atoms with Gasteiger partial charge in [0.2, 0.25) is 0 Å². The van der Waals surface area contributed by atoms with Crippen LogP contribution in [0.2, 0.25) is 0 Å². The van der Waals surface area contributed by atoms with Crippen LogP contribution in [0, 0.1) is 0 Å². The minimum atomic E-state index is -8.61. The van der Waals surface area contributed by atoms with E-state index in [1.54, 1.807) is 0 Å². The molecular weight excluding hydrogens is 623 g/mol. The second kappa shape index (κ2) is 11.8. The SMILES string of the molecule is CCCCCOc1ccc(SCCC(F)(F)C(F)(F)C(F)(F)C(F)(F)C(F)(F)C(F)(F)C(F)(F)C(F)(F)F)cc1. The van der Waals surface area contributed by atoms with Crippen LogP contribution in [-0.4, -0.2) is 60.0 Å². The molecule has 0 saturated carbocycles. The lowest BCUT2D eigenvalue weighted by molar-refractivity contribution is -0.461. The van der Waals surface area contributed by atoms with Crippen LogP contribution in [0.5, 0.6) is 5.75 Å².